The van der Waals surface area contributed by atoms with Crippen molar-refractivity contribution in [1.29, 1.82) is 0 Å². The van der Waals surface area contributed by atoms with Gasteiger partial charge in [-0.05, 0) is 135 Å². The van der Waals surface area contributed by atoms with Crippen LogP contribution in [0.3, 0.4) is 0 Å². The van der Waals surface area contributed by atoms with Crippen LogP contribution in [0, 0.1) is 0 Å². The Morgan fingerprint density at radius 1 is 0.348 bits per heavy atom. The summed E-state index contributed by atoms with van der Waals surface area (Å²) in [7, 11) is 0. The summed E-state index contributed by atoms with van der Waals surface area (Å²) in [5.74, 6) is 0. The van der Waals surface area contributed by atoms with Gasteiger partial charge in [0.25, 0.3) is 0 Å². The van der Waals surface area contributed by atoms with E-state index in [1.165, 1.54) is 85.8 Å². The van der Waals surface area contributed by atoms with E-state index in [0.717, 1.165) is 39.8 Å². The molecular formula is C65H45N3S. The van der Waals surface area contributed by atoms with Crippen LogP contribution in [0.1, 0.15) is 25.0 Å². The number of rotatable bonds is 7. The lowest BCUT2D eigenvalue weighted by molar-refractivity contribution is 0.660. The van der Waals surface area contributed by atoms with Crippen molar-refractivity contribution in [1.82, 2.24) is 4.57 Å². The first-order chi connectivity index (χ1) is 34.0. The molecule has 14 rings (SSSR count). The Balaban J connectivity index is 0.935. The predicted molar refractivity (Wildman–Crippen MR) is 296 cm³/mol. The van der Waals surface area contributed by atoms with Crippen LogP contribution in [-0.4, -0.2) is 4.57 Å². The average Bonchev–Trinajstić information content (AvgIpc) is 4.03. The van der Waals surface area contributed by atoms with E-state index in [2.05, 4.69) is 265 Å². The minimum Gasteiger partial charge on any atom is -0.310 e. The monoisotopic (exact) mass is 899 g/mol. The van der Waals surface area contributed by atoms with E-state index in [4.69, 9.17) is 0 Å². The number of anilines is 6. The molecule has 0 radical (unpaired) electrons. The second-order valence-electron chi connectivity index (χ2n) is 18.9. The number of thiophene rings is 1. The summed E-state index contributed by atoms with van der Waals surface area (Å²) in [4.78, 5) is 4.85. The number of nitrogens with zero attached hydrogens (tertiary/aromatic N) is 3. The van der Waals surface area contributed by atoms with Crippen LogP contribution in [0.5, 0.6) is 0 Å². The number of para-hydroxylation sites is 4. The molecule has 0 N–H and O–H groups in total. The molecule has 1 aliphatic rings. The van der Waals surface area contributed by atoms with Crippen molar-refractivity contribution in [2.24, 2.45) is 0 Å². The molecule has 0 aliphatic heterocycles. The van der Waals surface area contributed by atoms with Crippen molar-refractivity contribution in [3.8, 4) is 16.8 Å². The highest BCUT2D eigenvalue weighted by Crippen LogP contribution is 2.52. The van der Waals surface area contributed by atoms with Crippen LogP contribution in [-0.2, 0) is 5.41 Å². The largest absolute Gasteiger partial charge is 0.310 e. The number of benzene rings is 11. The molecule has 0 spiro atoms. The molecule has 13 aromatic rings. The third-order valence-corrected chi connectivity index (χ3v) is 15.9. The van der Waals surface area contributed by atoms with Gasteiger partial charge in [-0.15, -0.1) is 11.3 Å². The van der Waals surface area contributed by atoms with Crippen LogP contribution >= 0.6 is 11.3 Å². The van der Waals surface area contributed by atoms with E-state index >= 15 is 0 Å². The minimum atomic E-state index is -0.0995. The van der Waals surface area contributed by atoms with Gasteiger partial charge in [-0.1, -0.05) is 153 Å². The summed E-state index contributed by atoms with van der Waals surface area (Å²) in [6.45, 7) is 4.72. The lowest BCUT2D eigenvalue weighted by Crippen LogP contribution is -2.16. The molecule has 0 saturated carbocycles. The number of aromatic nitrogens is 1. The van der Waals surface area contributed by atoms with Crippen molar-refractivity contribution in [2.45, 2.75) is 19.3 Å². The summed E-state index contributed by atoms with van der Waals surface area (Å²) >= 11 is 1.91. The summed E-state index contributed by atoms with van der Waals surface area (Å²) in [5, 5.41) is 10.1. The van der Waals surface area contributed by atoms with Gasteiger partial charge in [-0.2, -0.15) is 0 Å². The standard InChI is InChI=1S/C65H45N3S/c1-65(2)58-28-16-14-25-50(58)51-34-30-47(40-59(51)65)67(43-20-8-4-9-21-43)48-32-36-55-62(41-48)69-64-54-35-31-45(38-56(54)49-24-12-13-27-53(49)63(55)64)66(42-18-6-3-7-19-42)46-33-37-61-57(39-46)52-26-15-17-29-60(52)68(61)44-22-10-5-11-23-44/h3-41H,1-2H3. The fourth-order valence-corrected chi connectivity index (χ4v) is 12.8. The van der Waals surface area contributed by atoms with Gasteiger partial charge < -0.3 is 14.4 Å². The van der Waals surface area contributed by atoms with Crippen LogP contribution < -0.4 is 9.80 Å². The van der Waals surface area contributed by atoms with Gasteiger partial charge in [-0.3, -0.25) is 0 Å². The summed E-state index contributed by atoms with van der Waals surface area (Å²) in [5.41, 5.74) is 15.7. The van der Waals surface area contributed by atoms with E-state index in [9.17, 15) is 0 Å². The topological polar surface area (TPSA) is 11.4 Å². The van der Waals surface area contributed by atoms with Crippen molar-refractivity contribution < 1.29 is 0 Å². The van der Waals surface area contributed by atoms with Crippen molar-refractivity contribution >= 4 is 109 Å². The SMILES string of the molecule is CC1(C)c2ccccc2-c2ccc(N(c3ccccc3)c3ccc4c(c3)sc3c5ccc(N(c6ccccc6)c6ccc7c(c6)c6ccccc6n7-c6ccccc6)cc5c5ccccc5c43)cc21. The Hall–Kier alpha value is -8.44. The fraction of sp³-hybridized carbons (Fsp3) is 0.0462. The third-order valence-electron chi connectivity index (χ3n) is 14.7. The van der Waals surface area contributed by atoms with Crippen molar-refractivity contribution in [2.75, 3.05) is 9.80 Å². The molecule has 11 aromatic carbocycles. The highest BCUT2D eigenvalue weighted by Gasteiger charge is 2.36. The van der Waals surface area contributed by atoms with Gasteiger partial charge in [0.05, 0.1) is 11.0 Å². The van der Waals surface area contributed by atoms with E-state index in [0.29, 0.717) is 0 Å². The Morgan fingerprint density at radius 2 is 0.870 bits per heavy atom. The molecule has 0 bridgehead atoms. The highest BCUT2D eigenvalue weighted by atomic mass is 32.1. The quantitative estimate of drug-likeness (QED) is 0.148. The summed E-state index contributed by atoms with van der Waals surface area (Å²) in [6, 6.07) is 87.2. The van der Waals surface area contributed by atoms with Crippen LogP contribution in [0.4, 0.5) is 34.1 Å². The smallest absolute Gasteiger partial charge is 0.0542 e. The Bertz CT molecular complexity index is 4170. The van der Waals surface area contributed by atoms with Gasteiger partial charge in [0.15, 0.2) is 0 Å². The van der Waals surface area contributed by atoms with E-state index in [-0.39, 0.29) is 5.41 Å². The average molecular weight is 900 g/mol. The number of hydrogen-bond donors (Lipinski definition) is 0. The number of hydrogen-bond acceptors (Lipinski definition) is 3. The second kappa shape index (κ2) is 15.3. The molecule has 0 atom stereocenters. The lowest BCUT2D eigenvalue weighted by atomic mass is 9.82. The van der Waals surface area contributed by atoms with Crippen LogP contribution in [0.2, 0.25) is 0 Å². The maximum Gasteiger partial charge on any atom is 0.0542 e. The number of fused-ring (bicyclic) bond motifs is 14. The molecule has 0 unspecified atom stereocenters. The maximum absolute atomic E-state index is 2.43. The second-order valence-corrected chi connectivity index (χ2v) is 19.9. The summed E-state index contributed by atoms with van der Waals surface area (Å²) < 4.78 is 4.97. The molecule has 3 nitrogen and oxygen atoms in total. The normalized spacial score (nSPS) is 12.9. The zero-order valence-electron chi connectivity index (χ0n) is 38.3. The molecule has 1 aliphatic carbocycles. The molecule has 2 heterocycles. The Kier molecular flexibility index (Phi) is 8.80. The van der Waals surface area contributed by atoms with Crippen molar-refractivity contribution in [3.63, 3.8) is 0 Å². The molecule has 0 saturated heterocycles. The predicted octanol–water partition coefficient (Wildman–Crippen LogP) is 18.7. The molecule has 0 amide bonds. The molecule has 4 heteroatoms. The first kappa shape index (κ1) is 39.7. The van der Waals surface area contributed by atoms with Gasteiger partial charge in [-0.25, -0.2) is 0 Å². The highest BCUT2D eigenvalue weighted by molar-refractivity contribution is 7.27. The Morgan fingerprint density at radius 3 is 1.61 bits per heavy atom. The molecule has 69 heavy (non-hydrogen) atoms. The zero-order valence-corrected chi connectivity index (χ0v) is 39.1. The van der Waals surface area contributed by atoms with E-state index < -0.39 is 0 Å². The third kappa shape index (κ3) is 6.05. The lowest BCUT2D eigenvalue weighted by Gasteiger charge is -2.28. The molecule has 0 fully saturated rings. The van der Waals surface area contributed by atoms with Gasteiger partial charge >= 0.3 is 0 Å². The molecular weight excluding hydrogens is 855 g/mol. The van der Waals surface area contributed by atoms with Crippen LogP contribution in [0.25, 0.3) is 80.3 Å². The first-order valence-corrected chi connectivity index (χ1v) is 24.7. The van der Waals surface area contributed by atoms with E-state index in [1.54, 1.807) is 0 Å². The van der Waals surface area contributed by atoms with Gasteiger partial charge in [0.1, 0.15) is 0 Å². The minimum absolute atomic E-state index is 0.0995. The summed E-state index contributed by atoms with van der Waals surface area (Å²) in [6.07, 6.45) is 0. The van der Waals surface area contributed by atoms with Gasteiger partial charge in [0, 0.05) is 81.6 Å². The molecule has 326 valence electrons. The zero-order chi connectivity index (χ0) is 45.8. The fourth-order valence-electron chi connectivity index (χ4n) is 11.5. The first-order valence-electron chi connectivity index (χ1n) is 23.8. The van der Waals surface area contributed by atoms with Gasteiger partial charge in [0.2, 0.25) is 0 Å². The van der Waals surface area contributed by atoms with Crippen LogP contribution in [0.15, 0.2) is 237 Å². The maximum atomic E-state index is 2.43. The molecule has 2 aromatic heterocycles. The van der Waals surface area contributed by atoms with Crippen molar-refractivity contribution in [3.05, 3.63) is 248 Å². The Labute approximate surface area is 405 Å². The van der Waals surface area contributed by atoms with E-state index in [1.807, 2.05) is 11.3 Å².